The summed E-state index contributed by atoms with van der Waals surface area (Å²) in [5.41, 5.74) is 0.742. The molecule has 13 heteroatoms. The SMILES string of the molecule is CON(Cc1ccc(-c2noc(C(F)(F)F)n2)cc1)C(O)N(C)CC(F)(F)F. The number of hydrogen-bond donors (Lipinski definition) is 1. The monoisotopic (exact) mass is 414 g/mol. The highest BCUT2D eigenvalue weighted by Crippen LogP contribution is 2.29. The molecule has 0 aliphatic carbocycles. The Balaban J connectivity index is 2.07. The summed E-state index contributed by atoms with van der Waals surface area (Å²) in [5, 5.41) is 14.2. The first kappa shape index (κ1) is 22.1. The van der Waals surface area contributed by atoms with E-state index in [1.165, 1.54) is 31.4 Å². The maximum atomic E-state index is 12.5. The maximum Gasteiger partial charge on any atom is 0.471 e. The molecule has 1 atom stereocenters. The van der Waals surface area contributed by atoms with E-state index in [-0.39, 0.29) is 17.9 Å². The van der Waals surface area contributed by atoms with E-state index in [4.69, 9.17) is 4.84 Å². The fourth-order valence-electron chi connectivity index (χ4n) is 2.22. The van der Waals surface area contributed by atoms with Crippen LogP contribution in [0.2, 0.25) is 0 Å². The predicted octanol–water partition coefficient (Wildman–Crippen LogP) is 2.89. The highest BCUT2D eigenvalue weighted by Gasteiger charge is 2.38. The molecular formula is C15H16F6N4O3. The van der Waals surface area contributed by atoms with Crippen molar-refractivity contribution in [1.29, 1.82) is 0 Å². The molecule has 2 aromatic rings. The molecule has 0 spiro atoms. The lowest BCUT2D eigenvalue weighted by Crippen LogP contribution is -2.48. The average Bonchev–Trinajstić information content (AvgIpc) is 3.08. The molecule has 1 unspecified atom stereocenters. The van der Waals surface area contributed by atoms with Crippen molar-refractivity contribution < 1.29 is 40.8 Å². The molecule has 0 aliphatic rings. The van der Waals surface area contributed by atoms with Gasteiger partial charge in [0.05, 0.1) is 20.2 Å². The van der Waals surface area contributed by atoms with Gasteiger partial charge in [-0.1, -0.05) is 29.4 Å². The third-order valence-corrected chi connectivity index (χ3v) is 3.53. The summed E-state index contributed by atoms with van der Waals surface area (Å²) in [4.78, 5) is 8.80. The van der Waals surface area contributed by atoms with Crippen LogP contribution in [0.25, 0.3) is 11.4 Å². The van der Waals surface area contributed by atoms with Gasteiger partial charge < -0.3 is 9.63 Å². The van der Waals surface area contributed by atoms with Gasteiger partial charge >= 0.3 is 18.2 Å². The largest absolute Gasteiger partial charge is 0.471 e. The number of alkyl halides is 6. The molecule has 156 valence electrons. The van der Waals surface area contributed by atoms with E-state index in [0.29, 0.717) is 10.5 Å². The molecule has 0 saturated heterocycles. The van der Waals surface area contributed by atoms with Crippen LogP contribution >= 0.6 is 0 Å². The van der Waals surface area contributed by atoms with Crippen LogP contribution in [-0.4, -0.2) is 58.4 Å². The number of rotatable bonds is 7. The molecule has 1 aromatic heterocycles. The second kappa shape index (κ2) is 8.43. The normalized spacial score (nSPS) is 14.1. The Morgan fingerprint density at radius 2 is 1.75 bits per heavy atom. The topological polar surface area (TPSA) is 74.9 Å². The first-order valence-electron chi connectivity index (χ1n) is 7.66. The second-order valence-electron chi connectivity index (χ2n) is 5.75. The van der Waals surface area contributed by atoms with Gasteiger partial charge in [0.1, 0.15) is 0 Å². The maximum absolute atomic E-state index is 12.5. The third kappa shape index (κ3) is 5.89. The minimum absolute atomic E-state index is 0.0970. The van der Waals surface area contributed by atoms with Crippen molar-refractivity contribution in [2.75, 3.05) is 20.7 Å². The van der Waals surface area contributed by atoms with Gasteiger partial charge in [-0.15, -0.1) is 5.06 Å². The molecule has 7 nitrogen and oxygen atoms in total. The highest BCUT2D eigenvalue weighted by molar-refractivity contribution is 5.54. The van der Waals surface area contributed by atoms with Crippen LogP contribution in [-0.2, 0) is 17.6 Å². The van der Waals surface area contributed by atoms with Gasteiger partial charge in [-0.3, -0.25) is 9.74 Å². The van der Waals surface area contributed by atoms with Gasteiger partial charge in [0.25, 0.3) is 0 Å². The van der Waals surface area contributed by atoms with E-state index in [1.807, 2.05) is 0 Å². The van der Waals surface area contributed by atoms with Crippen molar-refractivity contribution in [2.24, 2.45) is 0 Å². The third-order valence-electron chi connectivity index (χ3n) is 3.53. The van der Waals surface area contributed by atoms with Crippen LogP contribution in [0.1, 0.15) is 11.5 Å². The zero-order chi connectivity index (χ0) is 21.1. The summed E-state index contributed by atoms with van der Waals surface area (Å²) in [5.74, 6) is -1.75. The molecule has 0 saturated carbocycles. The van der Waals surface area contributed by atoms with Gasteiger partial charge in [0.2, 0.25) is 5.82 Å². The number of halogens is 6. The van der Waals surface area contributed by atoms with E-state index in [2.05, 4.69) is 14.7 Å². The Labute approximate surface area is 155 Å². The Kier molecular flexibility index (Phi) is 6.64. The summed E-state index contributed by atoms with van der Waals surface area (Å²) < 4.78 is 78.9. The second-order valence-corrected chi connectivity index (χ2v) is 5.75. The Bertz CT molecular complexity index is 762. The fraction of sp³-hybridized carbons (Fsp3) is 0.467. The van der Waals surface area contributed by atoms with Crippen LogP contribution in [0.5, 0.6) is 0 Å². The van der Waals surface area contributed by atoms with Crippen molar-refractivity contribution >= 4 is 0 Å². The Hall–Kier alpha value is -2.22. The average molecular weight is 414 g/mol. The smallest absolute Gasteiger partial charge is 0.363 e. The fourth-order valence-corrected chi connectivity index (χ4v) is 2.22. The minimum atomic E-state index is -4.76. The van der Waals surface area contributed by atoms with E-state index in [9.17, 15) is 31.4 Å². The molecular weight excluding hydrogens is 398 g/mol. The number of hydroxylamine groups is 2. The summed E-state index contributed by atoms with van der Waals surface area (Å²) in [6.07, 6.45) is -10.9. The van der Waals surface area contributed by atoms with E-state index in [0.717, 1.165) is 12.1 Å². The van der Waals surface area contributed by atoms with Gasteiger partial charge in [0.15, 0.2) is 6.35 Å². The Morgan fingerprint density at radius 3 is 2.21 bits per heavy atom. The van der Waals surface area contributed by atoms with Crippen molar-refractivity contribution in [3.05, 3.63) is 35.7 Å². The summed E-state index contributed by atoms with van der Waals surface area (Å²) in [7, 11) is 2.25. The zero-order valence-electron chi connectivity index (χ0n) is 14.6. The highest BCUT2D eigenvalue weighted by atomic mass is 19.4. The molecule has 1 N–H and O–H groups in total. The number of nitrogens with zero attached hydrogens (tertiary/aromatic N) is 4. The van der Waals surface area contributed by atoms with Crippen molar-refractivity contribution in [3.8, 4) is 11.4 Å². The van der Waals surface area contributed by atoms with Crippen molar-refractivity contribution in [2.45, 2.75) is 25.2 Å². The number of aliphatic hydroxyl groups excluding tert-OH is 1. The lowest BCUT2D eigenvalue weighted by atomic mass is 10.1. The van der Waals surface area contributed by atoms with Crippen molar-refractivity contribution in [3.63, 3.8) is 0 Å². The van der Waals surface area contributed by atoms with Crippen LogP contribution < -0.4 is 0 Å². The molecule has 1 heterocycles. The van der Waals surface area contributed by atoms with Crippen LogP contribution in [0.3, 0.4) is 0 Å². The Morgan fingerprint density at radius 1 is 1.14 bits per heavy atom. The number of aliphatic hydroxyl groups is 1. The van der Waals surface area contributed by atoms with Gasteiger partial charge in [-0.25, -0.2) is 0 Å². The first-order chi connectivity index (χ1) is 12.9. The van der Waals surface area contributed by atoms with Crippen LogP contribution in [0, 0.1) is 0 Å². The van der Waals surface area contributed by atoms with E-state index >= 15 is 0 Å². The molecule has 0 aliphatic heterocycles. The summed E-state index contributed by atoms with van der Waals surface area (Å²) in [6.45, 7) is -1.45. The van der Waals surface area contributed by atoms with Gasteiger partial charge in [-0.2, -0.15) is 31.3 Å². The predicted molar refractivity (Wildman–Crippen MR) is 82.0 cm³/mol. The standard InChI is InChI=1S/C15H16F6N4O3/c1-24(8-14(16,17)18)13(26)25(27-2)7-9-3-5-10(6-4-9)11-22-12(28-23-11)15(19,20)21/h3-6,13,26H,7-8H2,1-2H3. The van der Waals surface area contributed by atoms with E-state index in [1.54, 1.807) is 0 Å². The summed E-state index contributed by atoms with van der Waals surface area (Å²) >= 11 is 0. The summed E-state index contributed by atoms with van der Waals surface area (Å²) in [6, 6.07) is 5.75. The van der Waals surface area contributed by atoms with Crippen LogP contribution in [0.15, 0.2) is 28.8 Å². The molecule has 0 radical (unpaired) electrons. The lowest BCUT2D eigenvalue weighted by Gasteiger charge is -2.32. The molecule has 28 heavy (non-hydrogen) atoms. The van der Waals surface area contributed by atoms with Crippen LogP contribution in [0.4, 0.5) is 26.3 Å². The van der Waals surface area contributed by atoms with Gasteiger partial charge in [0, 0.05) is 5.56 Å². The first-order valence-corrected chi connectivity index (χ1v) is 7.66. The molecule has 0 fully saturated rings. The number of aromatic nitrogens is 2. The molecule has 2 rings (SSSR count). The quantitative estimate of drug-likeness (QED) is 0.424. The van der Waals surface area contributed by atoms with Gasteiger partial charge in [-0.05, 0) is 12.6 Å². The zero-order valence-corrected chi connectivity index (χ0v) is 14.6. The molecule has 0 amide bonds. The minimum Gasteiger partial charge on any atom is -0.363 e. The number of hydrogen-bond acceptors (Lipinski definition) is 7. The number of benzene rings is 1. The molecule has 0 bridgehead atoms. The molecule has 1 aromatic carbocycles. The van der Waals surface area contributed by atoms with E-state index < -0.39 is 31.1 Å². The lowest BCUT2D eigenvalue weighted by molar-refractivity contribution is -0.283. The van der Waals surface area contributed by atoms with Crippen molar-refractivity contribution in [1.82, 2.24) is 20.1 Å².